The van der Waals surface area contributed by atoms with E-state index in [2.05, 4.69) is 17.3 Å². The molecule has 2 fully saturated rings. The van der Waals surface area contributed by atoms with Crippen molar-refractivity contribution in [3.05, 3.63) is 70.3 Å². The highest BCUT2D eigenvalue weighted by Crippen LogP contribution is 2.45. The lowest BCUT2D eigenvalue weighted by Crippen LogP contribution is -2.34. The van der Waals surface area contributed by atoms with Crippen LogP contribution in [-0.2, 0) is 0 Å². The number of nitrogen functional groups attached to an aromatic ring is 1. The molecular formula is C36H43FN4O4. The van der Waals surface area contributed by atoms with Gasteiger partial charge in [-0.2, -0.15) is 0 Å². The zero-order valence-electron chi connectivity index (χ0n) is 26.0. The molecule has 3 aromatic carbocycles. The fraction of sp³-hybridized carbons (Fsp3) is 0.444. The largest absolute Gasteiger partial charge is 0.451 e. The maximum absolute atomic E-state index is 14.7. The molecule has 7 rings (SSSR count). The Morgan fingerprint density at radius 2 is 1.82 bits per heavy atom. The van der Waals surface area contributed by atoms with E-state index in [-0.39, 0.29) is 22.4 Å². The number of carbonyl (C=O) groups is 1. The number of hydrogen-bond donors (Lipinski definition) is 3. The number of rotatable bonds is 7. The van der Waals surface area contributed by atoms with Gasteiger partial charge in [-0.25, -0.2) is 4.39 Å². The van der Waals surface area contributed by atoms with Gasteiger partial charge in [-0.1, -0.05) is 56.4 Å². The lowest BCUT2D eigenvalue weighted by molar-refractivity contribution is 0.0949. The standard InChI is InChI=1S/C27H25FN4O3.C9H18O/c1-31-10-4-7-17(31)8-9-30-27(34)19-14-32-21-11-15-5-2-3-6-16(15)12-22(21)35-26-23(29)20(28)13-18(24(26)32)25(19)33;10-8-4-7-9-5-2-1-3-6-9/h2-3,5-6,11-14,17H,4,7-10,29H2,1H3,(H,30,34);9-10H,1-8H2. The third kappa shape index (κ3) is 6.42. The van der Waals surface area contributed by atoms with Gasteiger partial charge < -0.3 is 30.4 Å². The number of hydrogen-bond acceptors (Lipinski definition) is 6. The Morgan fingerprint density at radius 3 is 2.53 bits per heavy atom. The monoisotopic (exact) mass is 614 g/mol. The van der Waals surface area contributed by atoms with Crippen molar-refractivity contribution in [3.8, 4) is 17.2 Å². The first-order chi connectivity index (χ1) is 21.9. The third-order valence-corrected chi connectivity index (χ3v) is 9.70. The maximum atomic E-state index is 14.7. The molecule has 1 saturated carbocycles. The van der Waals surface area contributed by atoms with E-state index in [0.29, 0.717) is 36.1 Å². The minimum Gasteiger partial charge on any atom is -0.451 e. The maximum Gasteiger partial charge on any atom is 0.256 e. The van der Waals surface area contributed by atoms with E-state index in [1.54, 1.807) is 4.57 Å². The number of carbonyl (C=O) groups excluding carboxylic acids is 1. The first-order valence-electron chi connectivity index (χ1n) is 16.3. The van der Waals surface area contributed by atoms with Crippen LogP contribution >= 0.6 is 0 Å². The SMILES string of the molecule is CN1CCCC1CCNC(=O)c1cn2c3c(c(N)c(F)cc3c1=O)Oc1cc3ccccc3cc1-2.OCCCC1CCCCC1. The van der Waals surface area contributed by atoms with Gasteiger partial charge in [0.25, 0.3) is 5.91 Å². The molecular weight excluding hydrogens is 571 g/mol. The van der Waals surface area contributed by atoms with E-state index in [0.717, 1.165) is 55.0 Å². The van der Waals surface area contributed by atoms with Crippen molar-refractivity contribution in [2.24, 2.45) is 5.92 Å². The number of nitrogens with two attached hydrogens (primary N) is 1. The molecule has 1 aromatic heterocycles. The van der Waals surface area contributed by atoms with Gasteiger partial charge in [-0.15, -0.1) is 0 Å². The molecule has 4 N–H and O–H groups in total. The van der Waals surface area contributed by atoms with Crippen molar-refractivity contribution >= 4 is 33.3 Å². The molecule has 1 aliphatic carbocycles. The summed E-state index contributed by atoms with van der Waals surface area (Å²) in [6, 6.07) is 13.1. The molecule has 238 valence electrons. The van der Waals surface area contributed by atoms with E-state index in [4.69, 9.17) is 15.6 Å². The number of aromatic nitrogens is 1. The molecule has 4 aromatic rings. The van der Waals surface area contributed by atoms with Gasteiger partial charge >= 0.3 is 0 Å². The molecule has 2 aliphatic heterocycles. The Labute approximate surface area is 263 Å². The van der Waals surface area contributed by atoms with Crippen molar-refractivity contribution in [1.29, 1.82) is 0 Å². The molecule has 1 amide bonds. The van der Waals surface area contributed by atoms with Crippen molar-refractivity contribution in [3.63, 3.8) is 0 Å². The Balaban J connectivity index is 0.000000306. The molecule has 9 heteroatoms. The first kappa shape index (κ1) is 31.0. The lowest BCUT2D eigenvalue weighted by Gasteiger charge is -2.25. The molecule has 8 nitrogen and oxygen atoms in total. The van der Waals surface area contributed by atoms with E-state index >= 15 is 0 Å². The van der Waals surface area contributed by atoms with Gasteiger partial charge in [0.2, 0.25) is 5.43 Å². The summed E-state index contributed by atoms with van der Waals surface area (Å²) in [5.41, 5.74) is 6.23. The van der Waals surface area contributed by atoms with Crippen LogP contribution in [0.4, 0.5) is 10.1 Å². The number of halogens is 1. The van der Waals surface area contributed by atoms with Crippen molar-refractivity contribution in [2.75, 3.05) is 32.5 Å². The number of nitrogens with zero attached hydrogens (tertiary/aromatic N) is 2. The molecule has 1 saturated heterocycles. The van der Waals surface area contributed by atoms with Crippen molar-refractivity contribution in [2.45, 2.75) is 70.3 Å². The summed E-state index contributed by atoms with van der Waals surface area (Å²) in [5, 5.41) is 13.4. The van der Waals surface area contributed by atoms with Crippen LogP contribution in [-0.4, -0.2) is 53.3 Å². The topological polar surface area (TPSA) is 110 Å². The van der Waals surface area contributed by atoms with Crippen LogP contribution in [0.15, 0.2) is 53.5 Å². The average molecular weight is 615 g/mol. The number of pyridine rings is 1. The van der Waals surface area contributed by atoms with E-state index < -0.39 is 17.2 Å². The van der Waals surface area contributed by atoms with Crippen molar-refractivity contribution in [1.82, 2.24) is 14.8 Å². The summed E-state index contributed by atoms with van der Waals surface area (Å²) in [6.07, 6.45) is 14.0. The Morgan fingerprint density at radius 1 is 1.07 bits per heavy atom. The summed E-state index contributed by atoms with van der Waals surface area (Å²) >= 11 is 0. The minimum atomic E-state index is -0.762. The molecule has 3 heterocycles. The smallest absolute Gasteiger partial charge is 0.256 e. The number of nitrogens with one attached hydrogen (secondary N) is 1. The fourth-order valence-electron chi connectivity index (χ4n) is 7.13. The number of benzene rings is 3. The molecule has 0 spiro atoms. The molecule has 45 heavy (non-hydrogen) atoms. The van der Waals surface area contributed by atoms with Crippen molar-refractivity contribution < 1.29 is 19.0 Å². The van der Waals surface area contributed by atoms with Gasteiger partial charge in [-0.05, 0) is 80.6 Å². The molecule has 3 aliphatic rings. The lowest BCUT2D eigenvalue weighted by atomic mass is 9.86. The van der Waals surface area contributed by atoms with E-state index in [1.165, 1.54) is 44.7 Å². The minimum absolute atomic E-state index is 0.0478. The normalized spacial score (nSPS) is 17.9. The number of ether oxygens (including phenoxy) is 1. The highest BCUT2D eigenvalue weighted by atomic mass is 19.1. The zero-order valence-corrected chi connectivity index (χ0v) is 26.0. The summed E-state index contributed by atoms with van der Waals surface area (Å²) in [5.74, 6) is 0.252. The molecule has 0 bridgehead atoms. The van der Waals surface area contributed by atoms with Crippen LogP contribution in [0, 0.1) is 11.7 Å². The number of likely N-dealkylation sites (tertiary alicyclic amines) is 1. The number of aliphatic hydroxyl groups excluding tert-OH is 1. The Kier molecular flexibility index (Phi) is 9.37. The second-order valence-corrected chi connectivity index (χ2v) is 12.7. The van der Waals surface area contributed by atoms with Crippen LogP contribution in [0.2, 0.25) is 0 Å². The fourth-order valence-corrected chi connectivity index (χ4v) is 7.13. The molecule has 1 atom stereocenters. The van der Waals surface area contributed by atoms with Crippen LogP contribution in [0.5, 0.6) is 11.5 Å². The first-order valence-corrected chi connectivity index (χ1v) is 16.3. The number of fused-ring (bicyclic) bond motifs is 3. The third-order valence-electron chi connectivity index (χ3n) is 9.70. The quantitative estimate of drug-likeness (QED) is 0.180. The number of anilines is 1. The summed E-state index contributed by atoms with van der Waals surface area (Å²) in [7, 11) is 2.08. The second kappa shape index (κ2) is 13.6. The highest BCUT2D eigenvalue weighted by molar-refractivity contribution is 6.01. The van der Waals surface area contributed by atoms with Crippen LogP contribution in [0.3, 0.4) is 0 Å². The van der Waals surface area contributed by atoms with Crippen LogP contribution < -0.4 is 21.2 Å². The molecule has 0 radical (unpaired) electrons. The highest BCUT2D eigenvalue weighted by Gasteiger charge is 2.28. The zero-order chi connectivity index (χ0) is 31.5. The van der Waals surface area contributed by atoms with Crippen LogP contribution in [0.25, 0.3) is 27.4 Å². The van der Waals surface area contributed by atoms with Gasteiger partial charge in [-0.3, -0.25) is 9.59 Å². The van der Waals surface area contributed by atoms with Crippen LogP contribution in [0.1, 0.15) is 74.6 Å². The molecule has 1 unspecified atom stereocenters. The predicted molar refractivity (Wildman–Crippen MR) is 177 cm³/mol. The van der Waals surface area contributed by atoms with E-state index in [1.807, 2.05) is 36.4 Å². The van der Waals surface area contributed by atoms with Gasteiger partial charge in [0.15, 0.2) is 17.3 Å². The summed E-state index contributed by atoms with van der Waals surface area (Å²) < 4.78 is 22.5. The number of amides is 1. The second-order valence-electron chi connectivity index (χ2n) is 12.7. The summed E-state index contributed by atoms with van der Waals surface area (Å²) in [6.45, 7) is 1.90. The Bertz CT molecular complexity index is 1760. The predicted octanol–water partition coefficient (Wildman–Crippen LogP) is 6.52. The average Bonchev–Trinajstić information content (AvgIpc) is 3.47. The van der Waals surface area contributed by atoms with Gasteiger partial charge in [0.05, 0.1) is 11.1 Å². The van der Waals surface area contributed by atoms with Gasteiger partial charge in [0.1, 0.15) is 16.8 Å². The summed E-state index contributed by atoms with van der Waals surface area (Å²) in [4.78, 5) is 28.7. The van der Waals surface area contributed by atoms with E-state index in [9.17, 15) is 14.0 Å². The number of aliphatic hydroxyl groups is 1. The Hall–Kier alpha value is -3.95. The van der Waals surface area contributed by atoms with Gasteiger partial charge in [0, 0.05) is 25.4 Å².